The Morgan fingerprint density at radius 1 is 1.42 bits per heavy atom. The van der Waals surface area contributed by atoms with Crippen LogP contribution in [0.4, 0.5) is 10.1 Å². The summed E-state index contributed by atoms with van der Waals surface area (Å²) in [5, 5.41) is 19.7. The molecule has 0 radical (unpaired) electrons. The number of aliphatic hydroxyl groups excluding tert-OH is 1. The number of halogens is 1. The molecule has 5 nitrogen and oxygen atoms in total. The summed E-state index contributed by atoms with van der Waals surface area (Å²) in [6.07, 6.45) is -0.178. The van der Waals surface area contributed by atoms with E-state index in [1.165, 1.54) is 6.07 Å². The zero-order valence-electron chi connectivity index (χ0n) is 10.2. The highest BCUT2D eigenvalue weighted by molar-refractivity contribution is 5.60. The summed E-state index contributed by atoms with van der Waals surface area (Å²) in [6.45, 7) is 1.63. The predicted molar refractivity (Wildman–Crippen MR) is 66.1 cm³/mol. The molecule has 1 N–H and O–H groups in total. The highest BCUT2D eigenvalue weighted by Crippen LogP contribution is 2.27. The van der Waals surface area contributed by atoms with Crippen molar-refractivity contribution < 1.29 is 18.8 Å². The van der Waals surface area contributed by atoms with Crippen LogP contribution >= 0.6 is 0 Å². The number of furan rings is 1. The molecule has 0 spiro atoms. The van der Waals surface area contributed by atoms with Crippen LogP contribution in [0.1, 0.15) is 12.7 Å². The minimum absolute atomic E-state index is 0.357. The van der Waals surface area contributed by atoms with Gasteiger partial charge < -0.3 is 9.52 Å². The second-order valence-corrected chi connectivity index (χ2v) is 4.24. The van der Waals surface area contributed by atoms with Gasteiger partial charge in [-0.2, -0.15) is 4.39 Å². The van der Waals surface area contributed by atoms with Crippen molar-refractivity contribution in [3.63, 3.8) is 0 Å². The summed E-state index contributed by atoms with van der Waals surface area (Å²) in [5.74, 6) is 0.0733. The van der Waals surface area contributed by atoms with Crippen LogP contribution in [-0.4, -0.2) is 16.1 Å². The van der Waals surface area contributed by atoms with Crippen LogP contribution in [0.25, 0.3) is 11.3 Å². The van der Waals surface area contributed by atoms with Gasteiger partial charge in [-0.15, -0.1) is 0 Å². The number of rotatable bonds is 4. The molecule has 1 aromatic carbocycles. The van der Waals surface area contributed by atoms with Gasteiger partial charge in [-0.05, 0) is 31.2 Å². The Balaban J connectivity index is 2.29. The molecule has 0 aliphatic rings. The van der Waals surface area contributed by atoms with Crippen LogP contribution in [0.3, 0.4) is 0 Å². The number of nitro benzene ring substituents is 1. The Morgan fingerprint density at radius 3 is 2.74 bits per heavy atom. The molecule has 0 amide bonds. The standard InChI is InChI=1S/C13H12FNO4/c1-8(16)6-10-3-5-13(19-10)9-2-4-12(15(17)18)11(14)7-9/h2-5,7-8,16H,6H2,1H3. The molecule has 1 unspecified atom stereocenters. The van der Waals surface area contributed by atoms with Gasteiger partial charge >= 0.3 is 5.69 Å². The Labute approximate surface area is 108 Å². The van der Waals surface area contributed by atoms with Crippen molar-refractivity contribution in [1.82, 2.24) is 0 Å². The van der Waals surface area contributed by atoms with Gasteiger partial charge in [-0.25, -0.2) is 0 Å². The van der Waals surface area contributed by atoms with Gasteiger partial charge in [-0.1, -0.05) is 0 Å². The maximum absolute atomic E-state index is 13.5. The molecule has 0 saturated carbocycles. The highest BCUT2D eigenvalue weighted by Gasteiger charge is 2.16. The molecule has 0 aliphatic carbocycles. The molecule has 19 heavy (non-hydrogen) atoms. The summed E-state index contributed by atoms with van der Waals surface area (Å²) in [7, 11) is 0. The first-order valence-corrected chi connectivity index (χ1v) is 5.68. The molecule has 0 aliphatic heterocycles. The van der Waals surface area contributed by atoms with Crippen LogP contribution in [0, 0.1) is 15.9 Å². The van der Waals surface area contributed by atoms with E-state index in [1.807, 2.05) is 0 Å². The molecule has 1 heterocycles. The zero-order valence-corrected chi connectivity index (χ0v) is 10.2. The molecule has 2 aromatic rings. The van der Waals surface area contributed by atoms with Crippen molar-refractivity contribution in [3.05, 3.63) is 52.0 Å². The fourth-order valence-corrected chi connectivity index (χ4v) is 1.74. The van der Waals surface area contributed by atoms with Crippen LogP contribution in [0.15, 0.2) is 34.7 Å². The van der Waals surface area contributed by atoms with Crippen molar-refractivity contribution in [1.29, 1.82) is 0 Å². The number of nitrogens with zero attached hydrogens (tertiary/aromatic N) is 1. The van der Waals surface area contributed by atoms with E-state index in [4.69, 9.17) is 4.42 Å². The van der Waals surface area contributed by atoms with E-state index in [1.54, 1.807) is 19.1 Å². The van der Waals surface area contributed by atoms with Crippen molar-refractivity contribution in [3.8, 4) is 11.3 Å². The molecule has 0 fully saturated rings. The number of benzene rings is 1. The van der Waals surface area contributed by atoms with Crippen LogP contribution in [0.2, 0.25) is 0 Å². The topological polar surface area (TPSA) is 76.5 Å². The molecule has 0 bridgehead atoms. The molecular weight excluding hydrogens is 253 g/mol. The van der Waals surface area contributed by atoms with E-state index in [0.717, 1.165) is 12.1 Å². The third-order valence-corrected chi connectivity index (χ3v) is 2.59. The second kappa shape index (κ2) is 5.19. The van der Waals surface area contributed by atoms with Gasteiger partial charge in [0.15, 0.2) is 0 Å². The number of hydrogen-bond donors (Lipinski definition) is 1. The summed E-state index contributed by atoms with van der Waals surface area (Å²) >= 11 is 0. The monoisotopic (exact) mass is 265 g/mol. The lowest BCUT2D eigenvalue weighted by atomic mass is 10.1. The fraction of sp³-hybridized carbons (Fsp3) is 0.231. The largest absolute Gasteiger partial charge is 0.461 e. The average Bonchev–Trinajstić information content (AvgIpc) is 2.75. The van der Waals surface area contributed by atoms with E-state index in [-0.39, 0.29) is 0 Å². The number of nitro groups is 1. The number of hydrogen-bond acceptors (Lipinski definition) is 4. The third kappa shape index (κ3) is 2.97. The van der Waals surface area contributed by atoms with Crippen LogP contribution < -0.4 is 0 Å². The Kier molecular flexibility index (Phi) is 3.62. The van der Waals surface area contributed by atoms with Crippen LogP contribution in [0.5, 0.6) is 0 Å². The highest BCUT2D eigenvalue weighted by atomic mass is 19.1. The second-order valence-electron chi connectivity index (χ2n) is 4.24. The SMILES string of the molecule is CC(O)Cc1ccc(-c2ccc([N+](=O)[O-])c(F)c2)o1. The molecule has 100 valence electrons. The molecule has 1 aromatic heterocycles. The third-order valence-electron chi connectivity index (χ3n) is 2.59. The van der Waals surface area contributed by atoms with Gasteiger partial charge in [0.1, 0.15) is 11.5 Å². The van der Waals surface area contributed by atoms with E-state index >= 15 is 0 Å². The van der Waals surface area contributed by atoms with E-state index in [0.29, 0.717) is 23.5 Å². The Hall–Kier alpha value is -2.21. The zero-order chi connectivity index (χ0) is 14.0. The van der Waals surface area contributed by atoms with Gasteiger partial charge in [0.2, 0.25) is 5.82 Å². The summed E-state index contributed by atoms with van der Waals surface area (Å²) < 4.78 is 18.9. The Bertz CT molecular complexity index is 606. The predicted octanol–water partition coefficient (Wildman–Crippen LogP) is 2.92. The smallest absolute Gasteiger partial charge is 0.304 e. The van der Waals surface area contributed by atoms with E-state index < -0.39 is 22.5 Å². The lowest BCUT2D eigenvalue weighted by Crippen LogP contribution is -2.02. The van der Waals surface area contributed by atoms with Gasteiger partial charge in [0.05, 0.1) is 11.0 Å². The fourth-order valence-electron chi connectivity index (χ4n) is 1.74. The maximum atomic E-state index is 13.5. The number of aliphatic hydroxyl groups is 1. The minimum Gasteiger partial charge on any atom is -0.461 e. The van der Waals surface area contributed by atoms with Gasteiger partial charge in [-0.3, -0.25) is 10.1 Å². The van der Waals surface area contributed by atoms with Gasteiger partial charge in [0.25, 0.3) is 0 Å². The van der Waals surface area contributed by atoms with E-state index in [2.05, 4.69) is 0 Å². The summed E-state index contributed by atoms with van der Waals surface area (Å²) in [5.41, 5.74) is -0.153. The average molecular weight is 265 g/mol. The minimum atomic E-state index is -0.907. The van der Waals surface area contributed by atoms with Crippen molar-refractivity contribution in [2.24, 2.45) is 0 Å². The quantitative estimate of drug-likeness (QED) is 0.681. The molecule has 2 rings (SSSR count). The van der Waals surface area contributed by atoms with E-state index in [9.17, 15) is 19.6 Å². The van der Waals surface area contributed by atoms with Crippen molar-refractivity contribution >= 4 is 5.69 Å². The first kappa shape index (κ1) is 13.2. The van der Waals surface area contributed by atoms with Crippen molar-refractivity contribution in [2.75, 3.05) is 0 Å². The lowest BCUT2D eigenvalue weighted by Gasteiger charge is -2.01. The van der Waals surface area contributed by atoms with Crippen molar-refractivity contribution in [2.45, 2.75) is 19.4 Å². The lowest BCUT2D eigenvalue weighted by molar-refractivity contribution is -0.387. The summed E-state index contributed by atoms with van der Waals surface area (Å²) in [6, 6.07) is 6.90. The first-order chi connectivity index (χ1) is 8.97. The molecule has 1 atom stereocenters. The molecule has 0 saturated heterocycles. The molecule has 6 heteroatoms. The summed E-state index contributed by atoms with van der Waals surface area (Å²) in [4.78, 5) is 9.73. The first-order valence-electron chi connectivity index (χ1n) is 5.68. The Morgan fingerprint density at radius 2 is 2.16 bits per heavy atom. The van der Waals surface area contributed by atoms with Crippen LogP contribution in [-0.2, 0) is 6.42 Å². The normalized spacial score (nSPS) is 12.4. The maximum Gasteiger partial charge on any atom is 0.304 e. The molecular formula is C13H12FNO4. The van der Waals surface area contributed by atoms with Gasteiger partial charge in [0, 0.05) is 18.1 Å².